The van der Waals surface area contributed by atoms with Gasteiger partial charge in [-0.1, -0.05) is 18.2 Å². The van der Waals surface area contributed by atoms with Crippen LogP contribution in [0.15, 0.2) is 58.6 Å². The first-order valence-corrected chi connectivity index (χ1v) is 7.38. The Bertz CT molecular complexity index is 757. The second-order valence-corrected chi connectivity index (χ2v) is 5.62. The second-order valence-electron chi connectivity index (χ2n) is 4.61. The highest BCUT2D eigenvalue weighted by atomic mass is 32.2. The van der Waals surface area contributed by atoms with E-state index in [4.69, 9.17) is 0 Å². The maximum absolute atomic E-state index is 12.9. The van der Waals surface area contributed by atoms with Crippen LogP contribution in [0.1, 0.15) is 5.56 Å². The number of hydrogen-bond donors (Lipinski definition) is 0. The van der Waals surface area contributed by atoms with Crippen LogP contribution in [-0.2, 0) is 4.79 Å². The molecule has 0 unspecified atom stereocenters. The van der Waals surface area contributed by atoms with Crippen LogP contribution in [0.5, 0.6) is 0 Å². The minimum atomic E-state index is -0.304. The van der Waals surface area contributed by atoms with Crippen LogP contribution in [0.3, 0.4) is 0 Å². The Morgan fingerprint density at radius 1 is 1.23 bits per heavy atom. The average molecular weight is 313 g/mol. The van der Waals surface area contributed by atoms with Gasteiger partial charge >= 0.3 is 0 Å². The molecule has 22 heavy (non-hydrogen) atoms. The summed E-state index contributed by atoms with van der Waals surface area (Å²) >= 11 is 1.27. The third-order valence-electron chi connectivity index (χ3n) is 3.03. The predicted molar refractivity (Wildman–Crippen MR) is 86.1 cm³/mol. The van der Waals surface area contributed by atoms with E-state index in [2.05, 4.69) is 9.98 Å². The monoisotopic (exact) mass is 313 g/mol. The molecule has 0 N–H and O–H groups in total. The van der Waals surface area contributed by atoms with Crippen LogP contribution >= 0.6 is 11.8 Å². The fraction of sp³-hybridized carbons (Fsp3) is 0.0625. The molecule has 2 aromatic rings. The van der Waals surface area contributed by atoms with E-state index in [1.807, 2.05) is 6.07 Å². The van der Waals surface area contributed by atoms with Gasteiger partial charge in [0.2, 0.25) is 0 Å². The number of benzene rings is 1. The van der Waals surface area contributed by atoms with Crippen LogP contribution < -0.4 is 0 Å². The van der Waals surface area contributed by atoms with Crippen molar-refractivity contribution in [2.75, 3.05) is 7.05 Å². The second kappa shape index (κ2) is 6.11. The van der Waals surface area contributed by atoms with Gasteiger partial charge < -0.3 is 0 Å². The van der Waals surface area contributed by atoms with Gasteiger partial charge in [-0.15, -0.1) is 0 Å². The van der Waals surface area contributed by atoms with E-state index in [1.165, 1.54) is 28.8 Å². The SMILES string of the molecule is CN1C(=O)/C(=C/c2ccc(F)cc2)S/C1=N/c1ccccn1. The quantitative estimate of drug-likeness (QED) is 0.798. The molecule has 0 saturated carbocycles. The number of thioether (sulfide) groups is 1. The molecule has 0 bridgehead atoms. The highest BCUT2D eigenvalue weighted by molar-refractivity contribution is 8.18. The number of hydrogen-bond acceptors (Lipinski definition) is 4. The highest BCUT2D eigenvalue weighted by Gasteiger charge is 2.30. The normalized spacial score (nSPS) is 18.5. The van der Waals surface area contributed by atoms with Gasteiger partial charge in [-0.05, 0) is 47.7 Å². The van der Waals surface area contributed by atoms with E-state index < -0.39 is 0 Å². The Morgan fingerprint density at radius 3 is 2.68 bits per heavy atom. The van der Waals surface area contributed by atoms with Crippen molar-refractivity contribution in [2.45, 2.75) is 0 Å². The van der Waals surface area contributed by atoms with Gasteiger partial charge in [0.1, 0.15) is 5.82 Å². The Kier molecular flexibility index (Phi) is 4.02. The Labute approximate surface area is 131 Å². The molecule has 0 radical (unpaired) electrons. The zero-order chi connectivity index (χ0) is 15.5. The fourth-order valence-electron chi connectivity index (χ4n) is 1.88. The number of pyridine rings is 1. The minimum Gasteiger partial charge on any atom is -0.289 e. The van der Waals surface area contributed by atoms with Crippen LogP contribution in [0.25, 0.3) is 6.08 Å². The molecule has 1 amide bonds. The molecule has 1 aromatic carbocycles. The van der Waals surface area contributed by atoms with Crippen molar-refractivity contribution in [3.8, 4) is 0 Å². The molecule has 3 rings (SSSR count). The molecule has 4 nitrogen and oxygen atoms in total. The van der Waals surface area contributed by atoms with E-state index >= 15 is 0 Å². The Hall–Kier alpha value is -2.47. The van der Waals surface area contributed by atoms with Gasteiger partial charge in [0.05, 0.1) is 4.91 Å². The number of rotatable bonds is 2. The summed E-state index contributed by atoms with van der Waals surface area (Å²) in [6, 6.07) is 11.4. The van der Waals surface area contributed by atoms with Crippen LogP contribution in [0.4, 0.5) is 10.2 Å². The number of aromatic nitrogens is 1. The van der Waals surface area contributed by atoms with Crippen molar-refractivity contribution in [1.82, 2.24) is 9.88 Å². The fourth-order valence-corrected chi connectivity index (χ4v) is 2.85. The summed E-state index contributed by atoms with van der Waals surface area (Å²) in [6.45, 7) is 0. The van der Waals surface area contributed by atoms with Gasteiger partial charge in [-0.3, -0.25) is 9.69 Å². The van der Waals surface area contributed by atoms with Crippen molar-refractivity contribution in [3.63, 3.8) is 0 Å². The lowest BCUT2D eigenvalue weighted by Gasteiger charge is -2.06. The smallest absolute Gasteiger partial charge is 0.266 e. The molecule has 1 fully saturated rings. The summed E-state index contributed by atoms with van der Waals surface area (Å²) in [4.78, 5) is 22.8. The maximum atomic E-state index is 12.9. The highest BCUT2D eigenvalue weighted by Crippen LogP contribution is 2.32. The number of amides is 1. The number of carbonyl (C=O) groups is 1. The van der Waals surface area contributed by atoms with Crippen LogP contribution in [0, 0.1) is 5.82 Å². The summed E-state index contributed by atoms with van der Waals surface area (Å²) in [5.74, 6) is 0.110. The summed E-state index contributed by atoms with van der Waals surface area (Å²) in [5, 5.41) is 0.567. The number of carbonyl (C=O) groups excluding carboxylic acids is 1. The first-order valence-electron chi connectivity index (χ1n) is 6.56. The Balaban J connectivity index is 1.88. The van der Waals surface area contributed by atoms with Crippen molar-refractivity contribution in [3.05, 3.63) is 64.9 Å². The standard InChI is InChI=1S/C16H12FN3OS/c1-20-15(21)13(10-11-5-7-12(17)8-6-11)22-16(20)19-14-4-2-3-9-18-14/h2-10H,1H3/b13-10-,19-16+. The summed E-state index contributed by atoms with van der Waals surface area (Å²) < 4.78 is 12.9. The van der Waals surface area contributed by atoms with Gasteiger partial charge in [-0.2, -0.15) is 0 Å². The molecule has 1 aliphatic heterocycles. The predicted octanol–water partition coefficient (Wildman–Crippen LogP) is 3.45. The molecule has 2 heterocycles. The number of likely N-dealkylation sites (N-methyl/N-ethyl adjacent to an activating group) is 1. The number of aliphatic imine (C=N–C) groups is 1. The average Bonchev–Trinajstić information content (AvgIpc) is 2.79. The van der Waals surface area contributed by atoms with E-state index in [-0.39, 0.29) is 11.7 Å². The molecular formula is C16H12FN3OS. The topological polar surface area (TPSA) is 45.6 Å². The summed E-state index contributed by atoms with van der Waals surface area (Å²) in [7, 11) is 1.67. The van der Waals surface area contributed by atoms with E-state index in [0.717, 1.165) is 5.56 Å². The van der Waals surface area contributed by atoms with Crippen molar-refractivity contribution >= 4 is 34.7 Å². The van der Waals surface area contributed by atoms with Gasteiger partial charge in [0.25, 0.3) is 5.91 Å². The largest absolute Gasteiger partial charge is 0.289 e. The third kappa shape index (κ3) is 3.07. The molecule has 6 heteroatoms. The van der Waals surface area contributed by atoms with Gasteiger partial charge in [-0.25, -0.2) is 14.4 Å². The van der Waals surface area contributed by atoms with E-state index in [9.17, 15) is 9.18 Å². The Morgan fingerprint density at radius 2 is 2.00 bits per heavy atom. The van der Waals surface area contributed by atoms with Crippen molar-refractivity contribution in [2.24, 2.45) is 4.99 Å². The lowest BCUT2D eigenvalue weighted by Crippen LogP contribution is -2.23. The van der Waals surface area contributed by atoms with E-state index in [0.29, 0.717) is 15.9 Å². The molecular weight excluding hydrogens is 301 g/mol. The summed E-state index contributed by atoms with van der Waals surface area (Å²) in [6.07, 6.45) is 3.37. The zero-order valence-electron chi connectivity index (χ0n) is 11.7. The summed E-state index contributed by atoms with van der Waals surface area (Å²) in [5.41, 5.74) is 0.768. The first-order chi connectivity index (χ1) is 10.6. The lowest BCUT2D eigenvalue weighted by atomic mass is 10.2. The zero-order valence-corrected chi connectivity index (χ0v) is 12.5. The van der Waals surface area contributed by atoms with E-state index in [1.54, 1.807) is 43.6 Å². The number of nitrogens with zero attached hydrogens (tertiary/aromatic N) is 3. The van der Waals surface area contributed by atoms with Gasteiger partial charge in [0, 0.05) is 13.2 Å². The molecule has 1 aliphatic rings. The lowest BCUT2D eigenvalue weighted by molar-refractivity contribution is -0.121. The van der Waals surface area contributed by atoms with Crippen molar-refractivity contribution in [1.29, 1.82) is 0 Å². The number of amidine groups is 1. The van der Waals surface area contributed by atoms with Gasteiger partial charge in [0.15, 0.2) is 11.0 Å². The van der Waals surface area contributed by atoms with Crippen molar-refractivity contribution < 1.29 is 9.18 Å². The first kappa shape index (κ1) is 14.5. The molecule has 0 atom stereocenters. The molecule has 0 aliphatic carbocycles. The van der Waals surface area contributed by atoms with Crippen LogP contribution in [0.2, 0.25) is 0 Å². The molecule has 1 aromatic heterocycles. The molecule has 1 saturated heterocycles. The molecule has 0 spiro atoms. The number of halogens is 1. The molecule has 110 valence electrons. The van der Waals surface area contributed by atoms with Crippen LogP contribution in [-0.4, -0.2) is 28.0 Å². The third-order valence-corrected chi connectivity index (χ3v) is 4.09. The maximum Gasteiger partial charge on any atom is 0.266 e. The minimum absolute atomic E-state index is 0.135.